The minimum Gasteiger partial charge on any atom is -0.489 e. The molecule has 2 aliphatic rings. The van der Waals surface area contributed by atoms with E-state index in [1.165, 1.54) is 6.92 Å². The van der Waals surface area contributed by atoms with Gasteiger partial charge < -0.3 is 24.6 Å². The average Bonchev–Trinajstić information content (AvgIpc) is 2.78. The summed E-state index contributed by atoms with van der Waals surface area (Å²) in [6.07, 6.45) is 5.17. The SMILES string of the molecule is COCCNC(=O)C[C@@H]1CCN2C[C@@H]1C=CCOc1ccccc1CN(C(C)=O)CC2=O. The summed E-state index contributed by atoms with van der Waals surface area (Å²) in [4.78, 5) is 41.0. The summed E-state index contributed by atoms with van der Waals surface area (Å²) in [6.45, 7) is 4.30. The van der Waals surface area contributed by atoms with Crippen molar-refractivity contribution >= 4 is 17.7 Å². The molecule has 1 saturated heterocycles. The molecule has 8 nitrogen and oxygen atoms in total. The van der Waals surface area contributed by atoms with Gasteiger partial charge in [0.1, 0.15) is 18.9 Å². The van der Waals surface area contributed by atoms with Crippen LogP contribution in [0.3, 0.4) is 0 Å². The first-order valence-electron chi connectivity index (χ1n) is 11.1. The van der Waals surface area contributed by atoms with Crippen LogP contribution in [-0.2, 0) is 25.7 Å². The predicted molar refractivity (Wildman–Crippen MR) is 120 cm³/mol. The maximum atomic E-state index is 13.0. The fourth-order valence-electron chi connectivity index (χ4n) is 4.22. The van der Waals surface area contributed by atoms with Crippen LogP contribution in [0.15, 0.2) is 36.4 Å². The van der Waals surface area contributed by atoms with Crippen molar-refractivity contribution in [2.24, 2.45) is 11.8 Å². The van der Waals surface area contributed by atoms with Gasteiger partial charge in [-0.3, -0.25) is 14.4 Å². The molecule has 0 saturated carbocycles. The van der Waals surface area contributed by atoms with Crippen LogP contribution in [0.1, 0.15) is 25.3 Å². The summed E-state index contributed by atoms with van der Waals surface area (Å²) >= 11 is 0. The standard InChI is InChI=1S/C24H33N3O5/c1-18(28)27-16-21-6-3-4-8-22(21)32-12-5-7-20-15-26(24(30)17-27)11-9-19(20)14-23(29)25-10-13-31-2/h3-8,19-20H,9-17H2,1-2H3,(H,25,29)/t19-,20-/m0/s1. The van der Waals surface area contributed by atoms with Crippen LogP contribution in [0.25, 0.3) is 0 Å². The Bertz CT molecular complexity index is 841. The van der Waals surface area contributed by atoms with Crippen LogP contribution < -0.4 is 10.1 Å². The van der Waals surface area contributed by atoms with Crippen LogP contribution in [0.2, 0.25) is 0 Å². The molecule has 1 N–H and O–H groups in total. The van der Waals surface area contributed by atoms with E-state index in [-0.39, 0.29) is 36.1 Å². The number of methoxy groups -OCH3 is 1. The molecule has 2 heterocycles. The molecule has 8 heteroatoms. The number of hydrogen-bond acceptors (Lipinski definition) is 5. The monoisotopic (exact) mass is 443 g/mol. The lowest BCUT2D eigenvalue weighted by Gasteiger charge is -2.38. The highest BCUT2D eigenvalue weighted by atomic mass is 16.5. The Hall–Kier alpha value is -2.87. The molecule has 32 heavy (non-hydrogen) atoms. The van der Waals surface area contributed by atoms with Crippen molar-refractivity contribution in [3.63, 3.8) is 0 Å². The Labute approximate surface area is 189 Å². The van der Waals surface area contributed by atoms with Crippen molar-refractivity contribution in [3.05, 3.63) is 42.0 Å². The molecule has 174 valence electrons. The lowest BCUT2D eigenvalue weighted by molar-refractivity contribution is -0.141. The zero-order chi connectivity index (χ0) is 22.9. The molecule has 2 aliphatic heterocycles. The third-order valence-electron chi connectivity index (χ3n) is 6.06. The smallest absolute Gasteiger partial charge is 0.242 e. The van der Waals surface area contributed by atoms with Crippen molar-refractivity contribution in [2.45, 2.75) is 26.3 Å². The summed E-state index contributed by atoms with van der Waals surface area (Å²) in [6, 6.07) is 7.57. The van der Waals surface area contributed by atoms with Gasteiger partial charge in [0.25, 0.3) is 0 Å². The molecule has 3 amide bonds. The molecule has 1 aromatic carbocycles. The Morgan fingerprint density at radius 2 is 2.06 bits per heavy atom. The molecule has 3 rings (SSSR count). The summed E-state index contributed by atoms with van der Waals surface area (Å²) in [5.74, 6) is 0.661. The first kappa shape index (κ1) is 23.8. The van der Waals surface area contributed by atoms with Gasteiger partial charge in [0, 0.05) is 52.2 Å². The predicted octanol–water partition coefficient (Wildman–Crippen LogP) is 1.60. The first-order valence-corrected chi connectivity index (χ1v) is 11.1. The van der Waals surface area contributed by atoms with E-state index >= 15 is 0 Å². The van der Waals surface area contributed by atoms with Gasteiger partial charge in [-0.15, -0.1) is 0 Å². The Balaban J connectivity index is 1.77. The zero-order valence-corrected chi connectivity index (χ0v) is 18.9. The lowest BCUT2D eigenvalue weighted by atomic mass is 9.82. The number of nitrogens with one attached hydrogen (secondary N) is 1. The van der Waals surface area contributed by atoms with Crippen molar-refractivity contribution in [1.29, 1.82) is 0 Å². The molecule has 1 fully saturated rings. The van der Waals surface area contributed by atoms with Crippen LogP contribution in [0, 0.1) is 11.8 Å². The second-order valence-corrected chi connectivity index (χ2v) is 8.32. The minimum atomic E-state index is -0.152. The molecule has 0 aliphatic carbocycles. The number of carbonyl (C=O) groups is 3. The zero-order valence-electron chi connectivity index (χ0n) is 18.9. The quantitative estimate of drug-likeness (QED) is 0.552. The van der Waals surface area contributed by atoms with E-state index in [9.17, 15) is 14.4 Å². The van der Waals surface area contributed by atoms with Crippen LogP contribution >= 0.6 is 0 Å². The van der Waals surface area contributed by atoms with Gasteiger partial charge in [-0.1, -0.05) is 30.4 Å². The highest BCUT2D eigenvalue weighted by Crippen LogP contribution is 2.29. The van der Waals surface area contributed by atoms with E-state index in [2.05, 4.69) is 11.4 Å². The maximum Gasteiger partial charge on any atom is 0.242 e. The number of amides is 3. The Morgan fingerprint density at radius 3 is 2.84 bits per heavy atom. The fourth-order valence-corrected chi connectivity index (χ4v) is 4.22. The lowest BCUT2D eigenvalue weighted by Crippen LogP contribution is -2.48. The number of rotatable bonds is 5. The van der Waals surface area contributed by atoms with E-state index in [0.29, 0.717) is 51.6 Å². The normalized spacial score (nSPS) is 21.5. The van der Waals surface area contributed by atoms with E-state index in [1.54, 1.807) is 12.0 Å². The topological polar surface area (TPSA) is 88.2 Å². The van der Waals surface area contributed by atoms with Gasteiger partial charge in [0.05, 0.1) is 6.61 Å². The summed E-state index contributed by atoms with van der Waals surface area (Å²) in [5.41, 5.74) is 0.867. The van der Waals surface area contributed by atoms with Gasteiger partial charge in [-0.2, -0.15) is 0 Å². The first-order chi connectivity index (χ1) is 15.5. The molecule has 0 spiro atoms. The van der Waals surface area contributed by atoms with Crippen LogP contribution in [-0.4, -0.2) is 74.0 Å². The van der Waals surface area contributed by atoms with E-state index < -0.39 is 0 Å². The molecule has 0 radical (unpaired) electrons. The van der Waals surface area contributed by atoms with Crippen molar-refractivity contribution < 1.29 is 23.9 Å². The van der Waals surface area contributed by atoms with Crippen LogP contribution in [0.4, 0.5) is 0 Å². The number of carbonyl (C=O) groups excluding carboxylic acids is 3. The third kappa shape index (κ3) is 6.56. The molecule has 2 bridgehead atoms. The van der Waals surface area contributed by atoms with Crippen molar-refractivity contribution in [3.8, 4) is 5.75 Å². The average molecular weight is 444 g/mol. The van der Waals surface area contributed by atoms with E-state index in [1.807, 2.05) is 35.2 Å². The van der Waals surface area contributed by atoms with Gasteiger partial charge in [0.15, 0.2) is 0 Å². The number of piperidine rings is 1. The molecular weight excluding hydrogens is 410 g/mol. The fraction of sp³-hybridized carbons (Fsp3) is 0.542. The summed E-state index contributed by atoms with van der Waals surface area (Å²) < 4.78 is 10.9. The number of benzene rings is 1. The number of para-hydroxylation sites is 1. The van der Waals surface area contributed by atoms with Crippen molar-refractivity contribution in [1.82, 2.24) is 15.1 Å². The molecule has 1 aromatic rings. The number of nitrogens with zero attached hydrogens (tertiary/aromatic N) is 2. The van der Waals surface area contributed by atoms with Gasteiger partial charge in [0.2, 0.25) is 17.7 Å². The number of hydrogen-bond donors (Lipinski definition) is 1. The highest BCUT2D eigenvalue weighted by Gasteiger charge is 2.32. The summed E-state index contributed by atoms with van der Waals surface area (Å²) in [7, 11) is 1.60. The van der Waals surface area contributed by atoms with Gasteiger partial charge >= 0.3 is 0 Å². The molecular formula is C24H33N3O5. The second-order valence-electron chi connectivity index (χ2n) is 8.32. The maximum absolute atomic E-state index is 13.0. The number of fused-ring (bicyclic) bond motifs is 3. The van der Waals surface area contributed by atoms with E-state index in [0.717, 1.165) is 12.0 Å². The Morgan fingerprint density at radius 1 is 1.25 bits per heavy atom. The van der Waals surface area contributed by atoms with Gasteiger partial charge in [-0.25, -0.2) is 0 Å². The van der Waals surface area contributed by atoms with E-state index in [4.69, 9.17) is 9.47 Å². The van der Waals surface area contributed by atoms with Gasteiger partial charge in [-0.05, 0) is 24.3 Å². The second kappa shape index (κ2) is 11.7. The minimum absolute atomic E-state index is 0.00363. The largest absolute Gasteiger partial charge is 0.489 e. The van der Waals surface area contributed by atoms with Crippen molar-refractivity contribution in [2.75, 3.05) is 46.5 Å². The highest BCUT2D eigenvalue weighted by molar-refractivity contribution is 5.84. The molecule has 2 atom stereocenters. The Kier molecular flexibility index (Phi) is 8.67. The number of ether oxygens (including phenoxy) is 2. The third-order valence-corrected chi connectivity index (χ3v) is 6.06. The summed E-state index contributed by atoms with van der Waals surface area (Å²) in [5, 5.41) is 2.88. The molecule has 0 aromatic heterocycles. The van der Waals surface area contributed by atoms with Crippen LogP contribution in [0.5, 0.6) is 5.75 Å². The molecule has 0 unspecified atom stereocenters.